The van der Waals surface area contributed by atoms with Crippen LogP contribution < -0.4 is 4.74 Å². The monoisotopic (exact) mass is 230 g/mol. The van der Waals surface area contributed by atoms with E-state index < -0.39 is 5.24 Å². The zero-order valence-corrected chi connectivity index (χ0v) is 9.18. The van der Waals surface area contributed by atoms with Gasteiger partial charge in [-0.05, 0) is 24.1 Å². The summed E-state index contributed by atoms with van der Waals surface area (Å²) in [6, 6.07) is 4.07. The van der Waals surface area contributed by atoms with E-state index in [1.807, 2.05) is 6.92 Å². The number of carbonyl (C=O) groups is 1. The third-order valence-electron chi connectivity index (χ3n) is 1.82. The molecular weight excluding hydrogens is 219 g/mol. The van der Waals surface area contributed by atoms with E-state index in [4.69, 9.17) is 16.3 Å². The quantitative estimate of drug-likeness (QED) is 0.727. The number of hydrogen-bond donors (Lipinski definition) is 0. The molecule has 15 heavy (non-hydrogen) atoms. The van der Waals surface area contributed by atoms with Crippen molar-refractivity contribution in [2.45, 2.75) is 19.8 Å². The van der Waals surface area contributed by atoms with Gasteiger partial charge in [0.25, 0.3) is 0 Å². The van der Waals surface area contributed by atoms with Gasteiger partial charge in [0.15, 0.2) is 0 Å². The molecule has 0 saturated carbocycles. The van der Waals surface area contributed by atoms with Crippen molar-refractivity contribution in [3.8, 4) is 5.75 Å². The van der Waals surface area contributed by atoms with Crippen LogP contribution in [-0.2, 0) is 11.2 Å². The van der Waals surface area contributed by atoms with Crippen LogP contribution in [-0.4, -0.2) is 11.8 Å². The molecule has 1 aromatic rings. The van der Waals surface area contributed by atoms with Crippen molar-refractivity contribution >= 4 is 16.8 Å². The lowest BCUT2D eigenvalue weighted by Gasteiger charge is -2.09. The summed E-state index contributed by atoms with van der Waals surface area (Å²) in [5, 5.41) is -0.483. The van der Waals surface area contributed by atoms with Crippen LogP contribution in [0.25, 0.3) is 0 Å². The minimum atomic E-state index is -0.483. The van der Waals surface area contributed by atoms with E-state index in [-0.39, 0.29) is 12.2 Å². The molecule has 0 N–H and O–H groups in total. The van der Waals surface area contributed by atoms with Crippen molar-refractivity contribution in [3.05, 3.63) is 29.6 Å². The van der Waals surface area contributed by atoms with Crippen LogP contribution in [0.4, 0.5) is 4.39 Å². The highest BCUT2D eigenvalue weighted by Crippen LogP contribution is 2.21. The summed E-state index contributed by atoms with van der Waals surface area (Å²) in [5.41, 5.74) is 0.616. The van der Waals surface area contributed by atoms with Gasteiger partial charge in [0.1, 0.15) is 11.6 Å². The van der Waals surface area contributed by atoms with Crippen LogP contribution in [0.3, 0.4) is 0 Å². The van der Waals surface area contributed by atoms with Crippen molar-refractivity contribution in [1.82, 2.24) is 0 Å². The molecule has 0 aromatic heterocycles. The van der Waals surface area contributed by atoms with E-state index in [2.05, 4.69) is 0 Å². The van der Waals surface area contributed by atoms with Gasteiger partial charge in [-0.2, -0.15) is 0 Å². The molecule has 0 aliphatic carbocycles. The zero-order chi connectivity index (χ0) is 11.3. The Labute approximate surface area is 93.0 Å². The molecule has 0 fully saturated rings. The second-order valence-electron chi connectivity index (χ2n) is 3.13. The Balaban J connectivity index is 2.87. The Morgan fingerprint density at radius 2 is 2.27 bits per heavy atom. The molecule has 0 aliphatic heterocycles. The van der Waals surface area contributed by atoms with Gasteiger partial charge >= 0.3 is 0 Å². The highest BCUT2D eigenvalue weighted by molar-refractivity contribution is 6.63. The van der Waals surface area contributed by atoms with Crippen molar-refractivity contribution in [3.63, 3.8) is 0 Å². The lowest BCUT2D eigenvalue weighted by molar-refractivity contribution is -0.111. The average molecular weight is 231 g/mol. The predicted molar refractivity (Wildman–Crippen MR) is 56.8 cm³/mol. The van der Waals surface area contributed by atoms with Crippen molar-refractivity contribution in [2.24, 2.45) is 0 Å². The van der Waals surface area contributed by atoms with Gasteiger partial charge in [-0.25, -0.2) is 4.39 Å². The summed E-state index contributed by atoms with van der Waals surface area (Å²) in [5.74, 6) is 0.0118. The largest absolute Gasteiger partial charge is 0.493 e. The summed E-state index contributed by atoms with van der Waals surface area (Å²) in [4.78, 5) is 10.7. The maximum absolute atomic E-state index is 12.9. The average Bonchev–Trinajstić information content (AvgIpc) is 2.18. The summed E-state index contributed by atoms with van der Waals surface area (Å²) in [6.07, 6.45) is 0.881. The molecule has 0 heterocycles. The second kappa shape index (κ2) is 5.71. The number of rotatable bonds is 5. The number of ether oxygens (including phenoxy) is 1. The van der Waals surface area contributed by atoms with Crippen molar-refractivity contribution in [1.29, 1.82) is 0 Å². The van der Waals surface area contributed by atoms with E-state index in [0.717, 1.165) is 6.42 Å². The van der Waals surface area contributed by atoms with E-state index in [1.165, 1.54) is 18.2 Å². The first-order chi connectivity index (χ1) is 7.13. The maximum Gasteiger partial charge on any atom is 0.226 e. The topological polar surface area (TPSA) is 26.3 Å². The summed E-state index contributed by atoms with van der Waals surface area (Å²) in [7, 11) is 0. The molecular formula is C11H12ClFO2. The molecule has 0 atom stereocenters. The fourth-order valence-electron chi connectivity index (χ4n) is 1.17. The van der Waals surface area contributed by atoms with Gasteiger partial charge < -0.3 is 4.74 Å². The Morgan fingerprint density at radius 1 is 1.53 bits per heavy atom. The smallest absolute Gasteiger partial charge is 0.226 e. The molecule has 0 spiro atoms. The highest BCUT2D eigenvalue weighted by atomic mass is 35.5. The van der Waals surface area contributed by atoms with Crippen LogP contribution in [0, 0.1) is 5.82 Å². The highest BCUT2D eigenvalue weighted by Gasteiger charge is 2.08. The van der Waals surface area contributed by atoms with Gasteiger partial charge in [0.2, 0.25) is 5.24 Å². The summed E-state index contributed by atoms with van der Waals surface area (Å²) < 4.78 is 18.2. The van der Waals surface area contributed by atoms with Crippen molar-refractivity contribution < 1.29 is 13.9 Å². The van der Waals surface area contributed by atoms with E-state index in [1.54, 1.807) is 0 Å². The standard InChI is InChI=1S/C11H12ClFO2/c1-2-5-15-10-7-9(13)4-3-8(10)6-11(12)14/h3-4,7H,2,5-6H2,1H3. The zero-order valence-electron chi connectivity index (χ0n) is 8.43. The fraction of sp³-hybridized carbons (Fsp3) is 0.364. The van der Waals surface area contributed by atoms with E-state index >= 15 is 0 Å². The first-order valence-corrected chi connectivity index (χ1v) is 5.11. The Morgan fingerprint density at radius 3 is 2.87 bits per heavy atom. The molecule has 82 valence electrons. The molecule has 0 saturated heterocycles. The predicted octanol–water partition coefficient (Wildman–Crippen LogP) is 2.92. The lowest BCUT2D eigenvalue weighted by Crippen LogP contribution is -2.02. The number of halogens is 2. The van der Waals surface area contributed by atoms with Crippen LogP contribution in [0.2, 0.25) is 0 Å². The van der Waals surface area contributed by atoms with Gasteiger partial charge in [0, 0.05) is 11.6 Å². The van der Waals surface area contributed by atoms with Crippen LogP contribution in [0.5, 0.6) is 5.75 Å². The van der Waals surface area contributed by atoms with E-state index in [0.29, 0.717) is 17.9 Å². The maximum atomic E-state index is 12.9. The summed E-state index contributed by atoms with van der Waals surface area (Å²) in [6.45, 7) is 2.44. The first kappa shape index (κ1) is 12.0. The third-order valence-corrected chi connectivity index (χ3v) is 1.95. The molecule has 2 nitrogen and oxygen atoms in total. The number of benzene rings is 1. The fourth-order valence-corrected chi connectivity index (χ4v) is 1.31. The Bertz CT molecular complexity index is 352. The molecule has 1 aromatic carbocycles. The third kappa shape index (κ3) is 3.88. The minimum absolute atomic E-state index is 0.0564. The molecule has 0 aliphatic rings. The number of carbonyl (C=O) groups excluding carboxylic acids is 1. The van der Waals surface area contributed by atoms with Crippen molar-refractivity contribution in [2.75, 3.05) is 6.61 Å². The normalized spacial score (nSPS) is 10.1. The Kier molecular flexibility index (Phi) is 4.56. The van der Waals surface area contributed by atoms with Gasteiger partial charge in [-0.15, -0.1) is 0 Å². The van der Waals surface area contributed by atoms with Gasteiger partial charge in [-0.1, -0.05) is 13.0 Å². The second-order valence-corrected chi connectivity index (χ2v) is 3.55. The summed E-state index contributed by atoms with van der Waals surface area (Å²) >= 11 is 5.27. The lowest BCUT2D eigenvalue weighted by atomic mass is 10.1. The molecule has 1 rings (SSSR count). The molecule has 0 unspecified atom stereocenters. The molecule has 0 amide bonds. The minimum Gasteiger partial charge on any atom is -0.493 e. The Hall–Kier alpha value is -1.09. The van der Waals surface area contributed by atoms with Crippen LogP contribution >= 0.6 is 11.6 Å². The molecule has 0 bridgehead atoms. The molecule has 4 heteroatoms. The number of hydrogen-bond acceptors (Lipinski definition) is 2. The van der Waals surface area contributed by atoms with Crippen LogP contribution in [0.1, 0.15) is 18.9 Å². The van der Waals surface area contributed by atoms with E-state index in [9.17, 15) is 9.18 Å². The van der Waals surface area contributed by atoms with Crippen LogP contribution in [0.15, 0.2) is 18.2 Å². The first-order valence-electron chi connectivity index (χ1n) is 4.73. The SMILES string of the molecule is CCCOc1cc(F)ccc1CC(=O)Cl. The van der Waals surface area contributed by atoms with Gasteiger partial charge in [0.05, 0.1) is 13.0 Å². The van der Waals surface area contributed by atoms with Gasteiger partial charge in [-0.3, -0.25) is 4.79 Å². The molecule has 0 radical (unpaired) electrons.